The fourth-order valence-corrected chi connectivity index (χ4v) is 3.53. The molecule has 1 aromatic heterocycles. The lowest BCUT2D eigenvalue weighted by Gasteiger charge is -1.92. The summed E-state index contributed by atoms with van der Waals surface area (Å²) >= 11 is 3.98. The summed E-state index contributed by atoms with van der Waals surface area (Å²) in [6.45, 7) is 2.24. The molecule has 1 aromatic carbocycles. The minimum absolute atomic E-state index is 0.149. The molecule has 1 heterocycles. The van der Waals surface area contributed by atoms with Crippen molar-refractivity contribution < 1.29 is 5.11 Å². The highest BCUT2D eigenvalue weighted by Gasteiger charge is 2.07. The number of thiophene rings is 1. The minimum atomic E-state index is 0.149. The number of aliphatic hydroxyl groups excluding tert-OH is 1. The SMILES string of the molecule is Cc1ccc2c(I)c(CO)sc2c1. The standard InChI is InChI=1S/C10H9IOS/c1-6-2-3-7-8(4-6)13-9(5-12)10(7)11/h2-4,12H,5H2,1H3. The average molecular weight is 304 g/mol. The van der Waals surface area contributed by atoms with Crippen LogP contribution in [0.5, 0.6) is 0 Å². The molecule has 2 rings (SSSR count). The smallest absolute Gasteiger partial charge is 0.0785 e. The number of halogens is 1. The molecule has 13 heavy (non-hydrogen) atoms. The molecule has 0 fully saturated rings. The third-order valence-electron chi connectivity index (χ3n) is 2.00. The average Bonchev–Trinajstić information content (AvgIpc) is 2.42. The van der Waals surface area contributed by atoms with E-state index in [4.69, 9.17) is 5.11 Å². The second-order valence-electron chi connectivity index (χ2n) is 3.00. The Morgan fingerprint density at radius 2 is 2.23 bits per heavy atom. The van der Waals surface area contributed by atoms with E-state index >= 15 is 0 Å². The van der Waals surface area contributed by atoms with E-state index in [9.17, 15) is 0 Å². The van der Waals surface area contributed by atoms with Crippen LogP contribution in [0.2, 0.25) is 0 Å². The second-order valence-corrected chi connectivity index (χ2v) is 5.21. The van der Waals surface area contributed by atoms with E-state index in [2.05, 4.69) is 47.7 Å². The number of benzene rings is 1. The molecule has 0 radical (unpaired) electrons. The number of hydrogen-bond donors (Lipinski definition) is 1. The first kappa shape index (κ1) is 9.43. The zero-order chi connectivity index (χ0) is 9.42. The molecule has 0 aliphatic heterocycles. The maximum atomic E-state index is 9.09. The van der Waals surface area contributed by atoms with Crippen LogP contribution in [0.15, 0.2) is 18.2 Å². The fourth-order valence-electron chi connectivity index (χ4n) is 1.32. The van der Waals surface area contributed by atoms with Crippen molar-refractivity contribution in [2.75, 3.05) is 0 Å². The third-order valence-corrected chi connectivity index (χ3v) is 4.73. The quantitative estimate of drug-likeness (QED) is 0.802. The van der Waals surface area contributed by atoms with Crippen molar-refractivity contribution in [1.29, 1.82) is 0 Å². The fraction of sp³-hybridized carbons (Fsp3) is 0.200. The van der Waals surface area contributed by atoms with Gasteiger partial charge < -0.3 is 5.11 Å². The van der Waals surface area contributed by atoms with Gasteiger partial charge in [-0.25, -0.2) is 0 Å². The highest BCUT2D eigenvalue weighted by molar-refractivity contribution is 14.1. The van der Waals surface area contributed by atoms with Crippen molar-refractivity contribution in [1.82, 2.24) is 0 Å². The molecule has 0 saturated carbocycles. The van der Waals surface area contributed by atoms with Gasteiger partial charge in [0, 0.05) is 18.5 Å². The van der Waals surface area contributed by atoms with Gasteiger partial charge in [-0.05, 0) is 41.1 Å². The van der Waals surface area contributed by atoms with Crippen LogP contribution in [0.1, 0.15) is 10.4 Å². The summed E-state index contributed by atoms with van der Waals surface area (Å²) in [5.74, 6) is 0. The number of aliphatic hydroxyl groups is 1. The van der Waals surface area contributed by atoms with Gasteiger partial charge in [0.25, 0.3) is 0 Å². The van der Waals surface area contributed by atoms with Gasteiger partial charge in [-0.15, -0.1) is 11.3 Å². The van der Waals surface area contributed by atoms with E-state index in [1.165, 1.54) is 19.2 Å². The number of rotatable bonds is 1. The molecular weight excluding hydrogens is 295 g/mol. The van der Waals surface area contributed by atoms with Crippen LogP contribution in [0.3, 0.4) is 0 Å². The number of aryl methyl sites for hydroxylation is 1. The van der Waals surface area contributed by atoms with E-state index in [1.807, 2.05) is 0 Å². The topological polar surface area (TPSA) is 20.2 Å². The second kappa shape index (κ2) is 3.55. The van der Waals surface area contributed by atoms with Crippen molar-refractivity contribution in [3.8, 4) is 0 Å². The van der Waals surface area contributed by atoms with Crippen molar-refractivity contribution in [2.24, 2.45) is 0 Å². The van der Waals surface area contributed by atoms with Crippen LogP contribution in [0.4, 0.5) is 0 Å². The summed E-state index contributed by atoms with van der Waals surface area (Å²) in [7, 11) is 0. The van der Waals surface area contributed by atoms with E-state index < -0.39 is 0 Å². The molecule has 2 aromatic rings. The predicted octanol–water partition coefficient (Wildman–Crippen LogP) is 3.31. The largest absolute Gasteiger partial charge is 0.391 e. The van der Waals surface area contributed by atoms with Gasteiger partial charge in [0.1, 0.15) is 0 Å². The number of hydrogen-bond acceptors (Lipinski definition) is 2. The highest BCUT2D eigenvalue weighted by atomic mass is 127. The van der Waals surface area contributed by atoms with Crippen molar-refractivity contribution >= 4 is 44.0 Å². The Balaban J connectivity index is 2.76. The molecular formula is C10H9IOS. The Labute approximate surface area is 94.5 Å². The molecule has 0 unspecified atom stereocenters. The maximum Gasteiger partial charge on any atom is 0.0785 e. The van der Waals surface area contributed by atoms with Crippen LogP contribution in [-0.4, -0.2) is 5.11 Å². The van der Waals surface area contributed by atoms with E-state index in [1.54, 1.807) is 11.3 Å². The van der Waals surface area contributed by atoms with Crippen molar-refractivity contribution in [3.63, 3.8) is 0 Å². The zero-order valence-corrected chi connectivity index (χ0v) is 10.1. The molecule has 0 spiro atoms. The zero-order valence-electron chi connectivity index (χ0n) is 7.17. The van der Waals surface area contributed by atoms with Crippen LogP contribution in [-0.2, 0) is 6.61 Å². The normalized spacial score (nSPS) is 11.0. The van der Waals surface area contributed by atoms with Gasteiger partial charge in [0.05, 0.1) is 6.61 Å². The van der Waals surface area contributed by atoms with Gasteiger partial charge in [-0.3, -0.25) is 0 Å². The Hall–Kier alpha value is -0.130. The van der Waals surface area contributed by atoms with Gasteiger partial charge in [-0.2, -0.15) is 0 Å². The Bertz CT molecular complexity index is 447. The molecule has 1 N–H and O–H groups in total. The molecule has 0 amide bonds. The minimum Gasteiger partial charge on any atom is -0.391 e. The maximum absolute atomic E-state index is 9.09. The van der Waals surface area contributed by atoms with E-state index in [-0.39, 0.29) is 6.61 Å². The molecule has 1 nitrogen and oxygen atoms in total. The van der Waals surface area contributed by atoms with Crippen LogP contribution < -0.4 is 0 Å². The van der Waals surface area contributed by atoms with Gasteiger partial charge in [0.15, 0.2) is 0 Å². The molecule has 3 heteroatoms. The molecule has 0 aliphatic carbocycles. The molecule has 68 valence electrons. The monoisotopic (exact) mass is 304 g/mol. The highest BCUT2D eigenvalue weighted by Crippen LogP contribution is 2.32. The molecule has 0 atom stereocenters. The molecule has 0 aliphatic rings. The Kier molecular flexibility index (Phi) is 2.58. The molecule has 0 bridgehead atoms. The summed E-state index contributed by atoms with van der Waals surface area (Å²) in [5.41, 5.74) is 1.27. The van der Waals surface area contributed by atoms with Gasteiger partial charge in [-0.1, -0.05) is 12.1 Å². The van der Waals surface area contributed by atoms with Crippen LogP contribution in [0.25, 0.3) is 10.1 Å². The van der Waals surface area contributed by atoms with E-state index in [0.29, 0.717) is 0 Å². The Morgan fingerprint density at radius 3 is 2.92 bits per heavy atom. The third kappa shape index (κ3) is 1.60. The van der Waals surface area contributed by atoms with Gasteiger partial charge >= 0.3 is 0 Å². The first-order valence-electron chi connectivity index (χ1n) is 4.01. The number of fused-ring (bicyclic) bond motifs is 1. The summed E-state index contributed by atoms with van der Waals surface area (Å²) in [4.78, 5) is 1.07. The Morgan fingerprint density at radius 1 is 1.46 bits per heavy atom. The van der Waals surface area contributed by atoms with E-state index in [0.717, 1.165) is 4.88 Å². The summed E-state index contributed by atoms with van der Waals surface area (Å²) in [6.07, 6.45) is 0. The van der Waals surface area contributed by atoms with Crippen LogP contribution >= 0.6 is 33.9 Å². The lowest BCUT2D eigenvalue weighted by atomic mass is 10.2. The summed E-state index contributed by atoms with van der Waals surface area (Å²) in [5, 5.41) is 10.4. The predicted molar refractivity (Wildman–Crippen MR) is 65.2 cm³/mol. The van der Waals surface area contributed by atoms with Crippen molar-refractivity contribution in [3.05, 3.63) is 32.2 Å². The van der Waals surface area contributed by atoms with Crippen LogP contribution in [0, 0.1) is 10.5 Å². The lowest BCUT2D eigenvalue weighted by molar-refractivity contribution is 0.285. The lowest BCUT2D eigenvalue weighted by Crippen LogP contribution is -1.78. The summed E-state index contributed by atoms with van der Waals surface area (Å²) in [6, 6.07) is 6.40. The first-order valence-corrected chi connectivity index (χ1v) is 5.90. The summed E-state index contributed by atoms with van der Waals surface area (Å²) < 4.78 is 2.47. The first-order chi connectivity index (χ1) is 6.22. The van der Waals surface area contributed by atoms with Gasteiger partial charge in [0.2, 0.25) is 0 Å². The molecule has 0 saturated heterocycles. The van der Waals surface area contributed by atoms with Crippen molar-refractivity contribution in [2.45, 2.75) is 13.5 Å².